The first-order chi connectivity index (χ1) is 9.90. The van der Waals surface area contributed by atoms with Gasteiger partial charge in [-0.1, -0.05) is 39.8 Å². The summed E-state index contributed by atoms with van der Waals surface area (Å²) in [5.74, 6) is 0.666. The quantitative estimate of drug-likeness (QED) is 0.773. The Hall–Kier alpha value is -1.58. The van der Waals surface area contributed by atoms with Crippen LogP contribution in [0.4, 0.5) is 14.9 Å². The second-order valence-corrected chi connectivity index (χ2v) is 6.26. The summed E-state index contributed by atoms with van der Waals surface area (Å²) < 4.78 is 13.6. The van der Waals surface area contributed by atoms with Gasteiger partial charge in [0.05, 0.1) is 5.69 Å². The molecule has 0 heterocycles. The van der Waals surface area contributed by atoms with Crippen LogP contribution in [0.3, 0.4) is 0 Å². The van der Waals surface area contributed by atoms with Crippen molar-refractivity contribution in [3.8, 4) is 0 Å². The summed E-state index contributed by atoms with van der Waals surface area (Å²) in [7, 11) is 0. The maximum atomic E-state index is 13.6. The molecule has 118 valence electrons. The normalized spacial score (nSPS) is 11.0. The van der Waals surface area contributed by atoms with Crippen molar-refractivity contribution in [1.82, 2.24) is 4.90 Å². The minimum Gasteiger partial charge on any atom is -0.325 e. The van der Waals surface area contributed by atoms with Crippen LogP contribution in [0.5, 0.6) is 0 Å². The van der Waals surface area contributed by atoms with Crippen molar-refractivity contribution in [3.05, 3.63) is 30.1 Å². The molecule has 0 atom stereocenters. The highest BCUT2D eigenvalue weighted by molar-refractivity contribution is 5.89. The van der Waals surface area contributed by atoms with Crippen LogP contribution in [0.2, 0.25) is 0 Å². The number of para-hydroxylation sites is 1. The second-order valence-electron chi connectivity index (χ2n) is 6.26. The van der Waals surface area contributed by atoms with Gasteiger partial charge in [-0.15, -0.1) is 0 Å². The van der Waals surface area contributed by atoms with Crippen LogP contribution in [0.1, 0.15) is 40.5 Å². The lowest BCUT2D eigenvalue weighted by molar-refractivity contribution is 0.205. The first kappa shape index (κ1) is 17.5. The molecular formula is C17H27FN2O. The highest BCUT2D eigenvalue weighted by atomic mass is 19.1. The summed E-state index contributed by atoms with van der Waals surface area (Å²) in [5.41, 5.74) is 0.238. The molecule has 0 aliphatic rings. The third kappa shape index (κ3) is 6.61. The summed E-state index contributed by atoms with van der Waals surface area (Å²) in [5, 5.41) is 2.67. The number of amides is 2. The van der Waals surface area contributed by atoms with Crippen LogP contribution in [0.15, 0.2) is 24.3 Å². The minimum absolute atomic E-state index is 0.221. The number of carbonyl (C=O) groups excluding carboxylic acids is 1. The lowest BCUT2D eigenvalue weighted by atomic mass is 10.1. The number of anilines is 1. The van der Waals surface area contributed by atoms with Crippen molar-refractivity contribution in [2.24, 2.45) is 11.8 Å². The van der Waals surface area contributed by atoms with E-state index in [2.05, 4.69) is 33.0 Å². The van der Waals surface area contributed by atoms with Crippen LogP contribution in [0, 0.1) is 17.7 Å². The van der Waals surface area contributed by atoms with Gasteiger partial charge in [-0.05, 0) is 36.8 Å². The van der Waals surface area contributed by atoms with Gasteiger partial charge in [0, 0.05) is 13.1 Å². The molecule has 0 aromatic heterocycles. The van der Waals surface area contributed by atoms with Crippen molar-refractivity contribution in [2.75, 3.05) is 18.4 Å². The van der Waals surface area contributed by atoms with Gasteiger partial charge in [0.25, 0.3) is 0 Å². The molecule has 0 aliphatic carbocycles. The molecule has 3 nitrogen and oxygen atoms in total. The maximum Gasteiger partial charge on any atom is 0.321 e. The third-order valence-electron chi connectivity index (χ3n) is 3.36. The van der Waals surface area contributed by atoms with Gasteiger partial charge in [0.15, 0.2) is 0 Å². The lowest BCUT2D eigenvalue weighted by Gasteiger charge is -2.25. The Kier molecular flexibility index (Phi) is 7.20. The second kappa shape index (κ2) is 8.65. The predicted molar refractivity (Wildman–Crippen MR) is 85.9 cm³/mol. The van der Waals surface area contributed by atoms with Crippen LogP contribution in [-0.2, 0) is 0 Å². The topological polar surface area (TPSA) is 32.3 Å². The first-order valence-electron chi connectivity index (χ1n) is 7.70. The van der Waals surface area contributed by atoms with E-state index in [-0.39, 0.29) is 11.7 Å². The largest absolute Gasteiger partial charge is 0.325 e. The van der Waals surface area contributed by atoms with E-state index in [9.17, 15) is 9.18 Å². The minimum atomic E-state index is -0.404. The van der Waals surface area contributed by atoms with E-state index in [4.69, 9.17) is 0 Å². The molecule has 1 rings (SSSR count). The Balaban J connectivity index is 2.67. The standard InChI is InChI=1S/C17H27FN2O/c1-13(2)9-11-20(12-10-14(3)4)17(21)19-16-8-6-5-7-15(16)18/h5-8,13-14H,9-12H2,1-4H3,(H,19,21). The summed E-state index contributed by atoms with van der Waals surface area (Å²) in [6, 6.07) is 6.03. The number of rotatable bonds is 7. The summed E-state index contributed by atoms with van der Waals surface area (Å²) >= 11 is 0. The van der Waals surface area contributed by atoms with Crippen LogP contribution >= 0.6 is 0 Å². The molecule has 0 spiro atoms. The fourth-order valence-corrected chi connectivity index (χ4v) is 1.90. The molecule has 1 N–H and O–H groups in total. The van der Waals surface area contributed by atoms with Crippen LogP contribution in [-0.4, -0.2) is 24.0 Å². The molecule has 0 fully saturated rings. The predicted octanol–water partition coefficient (Wildman–Crippen LogP) is 4.75. The van der Waals surface area contributed by atoms with Gasteiger partial charge in [-0.3, -0.25) is 0 Å². The maximum absolute atomic E-state index is 13.6. The van der Waals surface area contributed by atoms with E-state index < -0.39 is 5.82 Å². The van der Waals surface area contributed by atoms with Crippen LogP contribution < -0.4 is 5.32 Å². The number of hydrogen-bond donors (Lipinski definition) is 1. The molecule has 0 saturated carbocycles. The van der Waals surface area contributed by atoms with E-state index in [1.165, 1.54) is 6.07 Å². The highest BCUT2D eigenvalue weighted by Crippen LogP contribution is 2.14. The molecule has 0 aliphatic heterocycles. The van der Waals surface area contributed by atoms with Gasteiger partial charge < -0.3 is 10.2 Å². The fourth-order valence-electron chi connectivity index (χ4n) is 1.90. The Bertz CT molecular complexity index is 434. The van der Waals surface area contributed by atoms with Crippen molar-refractivity contribution in [3.63, 3.8) is 0 Å². The number of carbonyl (C=O) groups is 1. The lowest BCUT2D eigenvalue weighted by Crippen LogP contribution is -2.37. The molecule has 1 aromatic carbocycles. The Morgan fingerprint density at radius 1 is 1.10 bits per heavy atom. The molecule has 2 amide bonds. The van der Waals surface area contributed by atoms with Crippen molar-refractivity contribution in [1.29, 1.82) is 0 Å². The molecule has 0 radical (unpaired) electrons. The molecule has 21 heavy (non-hydrogen) atoms. The number of benzene rings is 1. The van der Waals surface area contributed by atoms with Gasteiger partial charge in [0.1, 0.15) is 5.82 Å². The number of hydrogen-bond acceptors (Lipinski definition) is 1. The zero-order valence-electron chi connectivity index (χ0n) is 13.5. The van der Waals surface area contributed by atoms with Gasteiger partial charge in [-0.2, -0.15) is 0 Å². The smallest absolute Gasteiger partial charge is 0.321 e. The number of nitrogens with zero attached hydrogens (tertiary/aromatic N) is 1. The number of halogens is 1. The Morgan fingerprint density at radius 3 is 2.10 bits per heavy atom. The van der Waals surface area contributed by atoms with Crippen molar-refractivity contribution in [2.45, 2.75) is 40.5 Å². The fraction of sp³-hybridized carbons (Fsp3) is 0.588. The third-order valence-corrected chi connectivity index (χ3v) is 3.36. The number of nitrogens with one attached hydrogen (secondary N) is 1. The highest BCUT2D eigenvalue weighted by Gasteiger charge is 2.15. The summed E-state index contributed by atoms with van der Waals surface area (Å²) in [6.45, 7) is 9.94. The van der Waals surface area contributed by atoms with Gasteiger partial charge in [-0.25, -0.2) is 9.18 Å². The van der Waals surface area contributed by atoms with E-state index >= 15 is 0 Å². The van der Waals surface area contributed by atoms with E-state index in [1.807, 2.05) is 0 Å². The molecule has 0 bridgehead atoms. The van der Waals surface area contributed by atoms with Gasteiger partial charge >= 0.3 is 6.03 Å². The average Bonchev–Trinajstić information content (AvgIpc) is 2.40. The summed E-state index contributed by atoms with van der Waals surface area (Å²) in [4.78, 5) is 14.1. The molecule has 4 heteroatoms. The first-order valence-corrected chi connectivity index (χ1v) is 7.70. The number of urea groups is 1. The van der Waals surface area contributed by atoms with Crippen molar-refractivity contribution >= 4 is 11.7 Å². The monoisotopic (exact) mass is 294 g/mol. The van der Waals surface area contributed by atoms with Gasteiger partial charge in [0.2, 0.25) is 0 Å². The molecular weight excluding hydrogens is 267 g/mol. The van der Waals surface area contributed by atoms with Crippen molar-refractivity contribution < 1.29 is 9.18 Å². The van der Waals surface area contributed by atoms with E-state index in [1.54, 1.807) is 23.1 Å². The Morgan fingerprint density at radius 2 is 1.62 bits per heavy atom. The zero-order chi connectivity index (χ0) is 15.8. The average molecular weight is 294 g/mol. The zero-order valence-corrected chi connectivity index (χ0v) is 13.5. The molecule has 0 saturated heterocycles. The SMILES string of the molecule is CC(C)CCN(CCC(C)C)C(=O)Nc1ccccc1F. The van der Waals surface area contributed by atoms with E-state index in [0.29, 0.717) is 24.9 Å². The molecule has 0 unspecified atom stereocenters. The Labute approximate surface area is 127 Å². The molecule has 1 aromatic rings. The van der Waals surface area contributed by atoms with Crippen LogP contribution in [0.25, 0.3) is 0 Å². The summed E-state index contributed by atoms with van der Waals surface area (Å²) in [6.07, 6.45) is 1.89. The van der Waals surface area contributed by atoms with E-state index in [0.717, 1.165) is 12.8 Å².